The highest BCUT2D eigenvalue weighted by Gasteiger charge is 2.28. The van der Waals surface area contributed by atoms with Gasteiger partial charge >= 0.3 is 0 Å². The van der Waals surface area contributed by atoms with Crippen molar-refractivity contribution in [2.45, 2.75) is 65.4 Å². The number of aryl methyl sites for hydroxylation is 2. The normalized spacial score (nSPS) is 12.2. The molecule has 0 heterocycles. The monoisotopic (exact) mass is 456 g/mol. The van der Waals surface area contributed by atoms with Crippen LogP contribution in [0.3, 0.4) is 0 Å². The molecule has 0 fully saturated rings. The number of rotatable bonds is 9. The van der Waals surface area contributed by atoms with E-state index in [0.717, 1.165) is 17.1 Å². The zero-order valence-corrected chi connectivity index (χ0v) is 21.1. The predicted molar refractivity (Wildman–Crippen MR) is 133 cm³/mol. The Morgan fingerprint density at radius 2 is 1.72 bits per heavy atom. The second-order valence-electron chi connectivity index (χ2n) is 9.28. The molecule has 6 heteroatoms. The predicted octanol–water partition coefficient (Wildman–Crippen LogP) is 4.88. The number of carbonyl (C=O) groups excluding carboxylic acids is 2. The fourth-order valence-corrected chi connectivity index (χ4v) is 4.36. The third-order valence-electron chi connectivity index (χ3n) is 4.93. The second kappa shape index (κ2) is 11.4. The minimum Gasteiger partial charge on any atom is -0.497 e. The van der Waals surface area contributed by atoms with Crippen molar-refractivity contribution in [3.05, 3.63) is 64.7 Å². The number of hydrogen-bond acceptors (Lipinski definition) is 4. The molecular weight excluding hydrogens is 420 g/mol. The van der Waals surface area contributed by atoms with Gasteiger partial charge in [-0.3, -0.25) is 9.59 Å². The zero-order chi connectivity index (χ0) is 23.9. The quantitative estimate of drug-likeness (QED) is 0.584. The van der Waals surface area contributed by atoms with Crippen molar-refractivity contribution in [1.29, 1.82) is 0 Å². The van der Waals surface area contributed by atoms with Crippen LogP contribution in [-0.4, -0.2) is 41.2 Å². The molecule has 0 aromatic heterocycles. The molecule has 0 bridgehead atoms. The van der Waals surface area contributed by atoms with Gasteiger partial charge in [-0.1, -0.05) is 41.5 Å². The Balaban J connectivity index is 2.14. The molecule has 0 saturated heterocycles. The minimum absolute atomic E-state index is 0.0567. The molecule has 0 radical (unpaired) electrons. The number of thioether (sulfide) groups is 1. The molecule has 0 aliphatic carbocycles. The highest BCUT2D eigenvalue weighted by atomic mass is 32.2. The van der Waals surface area contributed by atoms with Crippen molar-refractivity contribution in [2.24, 2.45) is 0 Å². The largest absolute Gasteiger partial charge is 0.497 e. The van der Waals surface area contributed by atoms with Crippen LogP contribution in [0.4, 0.5) is 0 Å². The summed E-state index contributed by atoms with van der Waals surface area (Å²) in [5, 5.41) is 2.99. The summed E-state index contributed by atoms with van der Waals surface area (Å²) in [7, 11) is 1.62. The number of hydrogen-bond donors (Lipinski definition) is 1. The van der Waals surface area contributed by atoms with E-state index < -0.39 is 6.04 Å². The van der Waals surface area contributed by atoms with E-state index in [0.29, 0.717) is 12.3 Å². The standard InChI is InChI=1S/C26H36N2O3S/c1-18-11-19(2)13-22(12-18)16-32-17-24(29)28(20(3)25(30)27-26(4,5)6)15-21-9-8-10-23(14-21)31-7/h8-14,20H,15-17H2,1-7H3,(H,27,30). The summed E-state index contributed by atoms with van der Waals surface area (Å²) in [6.07, 6.45) is 0. The van der Waals surface area contributed by atoms with Crippen LogP contribution in [0.1, 0.15) is 49.9 Å². The van der Waals surface area contributed by atoms with Gasteiger partial charge in [-0.25, -0.2) is 0 Å². The summed E-state index contributed by atoms with van der Waals surface area (Å²) < 4.78 is 5.32. The van der Waals surface area contributed by atoms with Gasteiger partial charge in [-0.05, 0) is 64.8 Å². The molecule has 0 spiro atoms. The molecule has 1 N–H and O–H groups in total. The Labute approximate surface area is 196 Å². The highest BCUT2D eigenvalue weighted by molar-refractivity contribution is 7.99. The summed E-state index contributed by atoms with van der Waals surface area (Å²) in [5.41, 5.74) is 4.21. The van der Waals surface area contributed by atoms with Crippen LogP contribution >= 0.6 is 11.8 Å². The number of nitrogens with one attached hydrogen (secondary N) is 1. The van der Waals surface area contributed by atoms with Crippen molar-refractivity contribution in [2.75, 3.05) is 12.9 Å². The van der Waals surface area contributed by atoms with Crippen molar-refractivity contribution >= 4 is 23.6 Å². The highest BCUT2D eigenvalue weighted by Crippen LogP contribution is 2.20. The van der Waals surface area contributed by atoms with E-state index in [9.17, 15) is 9.59 Å². The van der Waals surface area contributed by atoms with Crippen molar-refractivity contribution in [3.8, 4) is 5.75 Å². The maximum atomic E-state index is 13.2. The van der Waals surface area contributed by atoms with E-state index in [4.69, 9.17) is 4.74 Å². The van der Waals surface area contributed by atoms with Crippen LogP contribution in [-0.2, 0) is 21.9 Å². The lowest BCUT2D eigenvalue weighted by Crippen LogP contribution is -2.52. The summed E-state index contributed by atoms with van der Waals surface area (Å²) in [5.74, 6) is 1.58. The fourth-order valence-electron chi connectivity index (χ4n) is 3.52. The molecule has 0 aliphatic rings. The molecule has 2 rings (SSSR count). The molecule has 2 amide bonds. The summed E-state index contributed by atoms with van der Waals surface area (Å²) in [6, 6.07) is 13.5. The molecule has 174 valence electrons. The molecule has 32 heavy (non-hydrogen) atoms. The lowest BCUT2D eigenvalue weighted by Gasteiger charge is -2.31. The molecule has 5 nitrogen and oxygen atoms in total. The number of ether oxygens (including phenoxy) is 1. The molecule has 2 aromatic carbocycles. The average Bonchev–Trinajstić information content (AvgIpc) is 2.69. The minimum atomic E-state index is -0.588. The Hall–Kier alpha value is -2.47. The number of benzene rings is 2. The molecule has 2 aromatic rings. The molecule has 1 atom stereocenters. The lowest BCUT2D eigenvalue weighted by molar-refractivity contribution is -0.139. The van der Waals surface area contributed by atoms with Crippen molar-refractivity contribution in [3.63, 3.8) is 0 Å². The van der Waals surface area contributed by atoms with E-state index in [1.54, 1.807) is 30.7 Å². The van der Waals surface area contributed by atoms with E-state index in [1.165, 1.54) is 16.7 Å². The van der Waals surface area contributed by atoms with Gasteiger partial charge in [0.2, 0.25) is 11.8 Å². The zero-order valence-electron chi connectivity index (χ0n) is 20.3. The number of carbonyl (C=O) groups is 2. The van der Waals surface area contributed by atoms with Crippen LogP contribution in [0.5, 0.6) is 5.75 Å². The first-order valence-electron chi connectivity index (χ1n) is 10.9. The van der Waals surface area contributed by atoms with Crippen molar-refractivity contribution in [1.82, 2.24) is 10.2 Å². The van der Waals surface area contributed by atoms with E-state index >= 15 is 0 Å². The van der Waals surface area contributed by atoms with Crippen LogP contribution < -0.4 is 10.1 Å². The van der Waals surface area contributed by atoms with E-state index in [-0.39, 0.29) is 17.4 Å². The summed E-state index contributed by atoms with van der Waals surface area (Å²) in [6.45, 7) is 12.1. The van der Waals surface area contributed by atoms with Gasteiger partial charge < -0.3 is 15.0 Å². The Morgan fingerprint density at radius 1 is 1.06 bits per heavy atom. The van der Waals surface area contributed by atoms with E-state index in [2.05, 4.69) is 37.4 Å². The van der Waals surface area contributed by atoms with Gasteiger partial charge in [0, 0.05) is 17.8 Å². The first-order valence-corrected chi connectivity index (χ1v) is 12.0. The fraction of sp³-hybridized carbons (Fsp3) is 0.462. The van der Waals surface area contributed by atoms with Crippen molar-refractivity contribution < 1.29 is 14.3 Å². The van der Waals surface area contributed by atoms with Gasteiger partial charge in [0.15, 0.2) is 0 Å². The number of methoxy groups -OCH3 is 1. The van der Waals surface area contributed by atoms with E-state index in [1.807, 2.05) is 45.0 Å². The van der Waals surface area contributed by atoms with Gasteiger partial charge in [-0.15, -0.1) is 11.8 Å². The maximum Gasteiger partial charge on any atom is 0.242 e. The number of nitrogens with zero attached hydrogens (tertiary/aromatic N) is 1. The summed E-state index contributed by atoms with van der Waals surface area (Å²) in [4.78, 5) is 27.7. The topological polar surface area (TPSA) is 58.6 Å². The number of amides is 2. The molecule has 0 aliphatic heterocycles. The first kappa shape index (κ1) is 25.8. The third kappa shape index (κ3) is 8.23. The Kier molecular flexibility index (Phi) is 9.20. The van der Waals surface area contributed by atoms with Crippen LogP contribution in [0.25, 0.3) is 0 Å². The first-order chi connectivity index (χ1) is 15.0. The van der Waals surface area contributed by atoms with Gasteiger partial charge in [-0.2, -0.15) is 0 Å². The smallest absolute Gasteiger partial charge is 0.242 e. The summed E-state index contributed by atoms with van der Waals surface area (Å²) >= 11 is 1.57. The van der Waals surface area contributed by atoms with Gasteiger partial charge in [0.1, 0.15) is 11.8 Å². The molecular formula is C26H36N2O3S. The molecule has 1 unspecified atom stereocenters. The SMILES string of the molecule is COc1cccc(CN(C(=O)CSCc2cc(C)cc(C)c2)C(C)C(=O)NC(C)(C)C)c1. The van der Waals surface area contributed by atoms with Crippen LogP contribution in [0.2, 0.25) is 0 Å². The van der Waals surface area contributed by atoms with Crippen LogP contribution in [0.15, 0.2) is 42.5 Å². The lowest BCUT2D eigenvalue weighted by atomic mass is 10.1. The van der Waals surface area contributed by atoms with Crippen LogP contribution in [0, 0.1) is 13.8 Å². The Bertz CT molecular complexity index is 917. The molecule has 0 saturated carbocycles. The third-order valence-corrected chi connectivity index (χ3v) is 5.92. The van der Waals surface area contributed by atoms with Gasteiger partial charge in [0.05, 0.1) is 12.9 Å². The maximum absolute atomic E-state index is 13.2. The Morgan fingerprint density at radius 3 is 2.31 bits per heavy atom. The second-order valence-corrected chi connectivity index (χ2v) is 10.3. The average molecular weight is 457 g/mol. The van der Waals surface area contributed by atoms with Gasteiger partial charge in [0.25, 0.3) is 0 Å².